The third kappa shape index (κ3) is 5.05. The molecular weight excluding hydrogens is 308 g/mol. The van der Waals surface area contributed by atoms with E-state index >= 15 is 0 Å². The Morgan fingerprint density at radius 2 is 1.91 bits per heavy atom. The van der Waals surface area contributed by atoms with E-state index in [-0.39, 0.29) is 18.8 Å². The number of carbonyl (C=O) groups excluding carboxylic acids is 1. The fraction of sp³-hybridized carbons (Fsp3) is 0.769. The number of nitrogens with one attached hydrogen (secondary N) is 1. The maximum atomic E-state index is 11.4. The van der Waals surface area contributed by atoms with Crippen molar-refractivity contribution in [3.63, 3.8) is 0 Å². The Morgan fingerprint density at radius 1 is 1.30 bits per heavy atom. The molecule has 0 radical (unpaired) electrons. The number of nitrogens with zero attached hydrogens (tertiary/aromatic N) is 1. The van der Waals surface area contributed by atoms with E-state index < -0.39 is 54.6 Å². The van der Waals surface area contributed by atoms with E-state index in [1.165, 1.54) is 6.92 Å². The van der Waals surface area contributed by atoms with Crippen LogP contribution in [-0.2, 0) is 9.59 Å². The normalized spacial score (nSPS) is 27.7. The zero-order chi connectivity index (χ0) is 17.7. The highest BCUT2D eigenvalue weighted by molar-refractivity contribution is 5.76. The molecule has 1 amide bonds. The van der Waals surface area contributed by atoms with Crippen molar-refractivity contribution in [1.29, 1.82) is 0 Å². The van der Waals surface area contributed by atoms with Gasteiger partial charge in [-0.3, -0.25) is 9.59 Å². The van der Waals surface area contributed by atoms with Crippen LogP contribution in [0.3, 0.4) is 0 Å². The highest BCUT2D eigenvalue weighted by Crippen LogP contribution is 2.37. The molecule has 0 spiro atoms. The van der Waals surface area contributed by atoms with Crippen LogP contribution >= 0.6 is 0 Å². The number of aliphatic hydroxyl groups is 3. The van der Waals surface area contributed by atoms with Crippen LogP contribution in [0.4, 0.5) is 0 Å². The fourth-order valence-electron chi connectivity index (χ4n) is 3.00. The summed E-state index contributed by atoms with van der Waals surface area (Å²) >= 11 is 0. The molecule has 0 aliphatic heterocycles. The number of carboxylic acid groups (broad SMARTS) is 1. The largest absolute Gasteiger partial charge is 0.481 e. The average molecular weight is 332 g/mol. The van der Waals surface area contributed by atoms with Gasteiger partial charge < -0.3 is 37.2 Å². The number of aliphatic carboxylic acids is 1. The second-order valence-corrected chi connectivity index (χ2v) is 5.76. The first kappa shape index (κ1) is 19.1. The van der Waals surface area contributed by atoms with Crippen molar-refractivity contribution >= 4 is 17.8 Å². The SMILES string of the molecule is CC(=O)NC(C(O)C(O)CO)C1CC(C(=O)O)CC1N=C(N)N. The number of aliphatic hydroxyl groups excluding tert-OH is 3. The van der Waals surface area contributed by atoms with Gasteiger partial charge in [-0.05, 0) is 12.8 Å². The molecule has 10 heteroatoms. The molecule has 0 saturated heterocycles. The number of carboxylic acids is 1. The maximum Gasteiger partial charge on any atom is 0.306 e. The quantitative estimate of drug-likeness (QED) is 0.189. The number of hydrogen-bond acceptors (Lipinski definition) is 6. The van der Waals surface area contributed by atoms with Crippen molar-refractivity contribution in [3.8, 4) is 0 Å². The number of amides is 1. The molecule has 1 aliphatic carbocycles. The van der Waals surface area contributed by atoms with Crippen molar-refractivity contribution in [2.75, 3.05) is 6.61 Å². The minimum Gasteiger partial charge on any atom is -0.481 e. The third-order valence-electron chi connectivity index (χ3n) is 4.02. The molecule has 0 aromatic heterocycles. The molecule has 1 fully saturated rings. The van der Waals surface area contributed by atoms with Crippen LogP contribution in [0.25, 0.3) is 0 Å². The summed E-state index contributed by atoms with van der Waals surface area (Å²) in [5.41, 5.74) is 10.7. The molecule has 0 bridgehead atoms. The second-order valence-electron chi connectivity index (χ2n) is 5.76. The molecule has 0 heterocycles. The summed E-state index contributed by atoms with van der Waals surface area (Å²) in [6.45, 7) is 0.517. The molecule has 6 unspecified atom stereocenters. The summed E-state index contributed by atoms with van der Waals surface area (Å²) in [7, 11) is 0. The summed E-state index contributed by atoms with van der Waals surface area (Å²) in [5.74, 6) is -3.06. The molecule has 0 aromatic carbocycles. The predicted molar refractivity (Wildman–Crippen MR) is 80.2 cm³/mol. The van der Waals surface area contributed by atoms with Gasteiger partial charge in [0.15, 0.2) is 5.96 Å². The average Bonchev–Trinajstić information content (AvgIpc) is 2.86. The molecular formula is C13H24N4O6. The van der Waals surface area contributed by atoms with Crippen LogP contribution in [0.5, 0.6) is 0 Å². The first-order valence-electron chi connectivity index (χ1n) is 7.23. The van der Waals surface area contributed by atoms with Gasteiger partial charge in [0.25, 0.3) is 0 Å². The Balaban J connectivity index is 3.10. The van der Waals surface area contributed by atoms with Gasteiger partial charge in [0.1, 0.15) is 12.2 Å². The Morgan fingerprint density at radius 3 is 2.35 bits per heavy atom. The van der Waals surface area contributed by atoms with E-state index in [9.17, 15) is 24.9 Å². The number of aliphatic imine (C=N–C) groups is 1. The number of nitrogens with two attached hydrogens (primary N) is 2. The molecule has 1 saturated carbocycles. The van der Waals surface area contributed by atoms with Crippen molar-refractivity contribution < 1.29 is 30.0 Å². The molecule has 1 rings (SSSR count). The third-order valence-corrected chi connectivity index (χ3v) is 4.02. The highest BCUT2D eigenvalue weighted by Gasteiger charge is 2.45. The maximum absolute atomic E-state index is 11.4. The van der Waals surface area contributed by atoms with Gasteiger partial charge >= 0.3 is 5.97 Å². The van der Waals surface area contributed by atoms with Crippen LogP contribution in [0.1, 0.15) is 19.8 Å². The number of rotatable bonds is 7. The molecule has 23 heavy (non-hydrogen) atoms. The van der Waals surface area contributed by atoms with Crippen molar-refractivity contribution in [3.05, 3.63) is 0 Å². The molecule has 0 aromatic rings. The van der Waals surface area contributed by atoms with Crippen molar-refractivity contribution in [1.82, 2.24) is 5.32 Å². The molecule has 9 N–H and O–H groups in total. The topological polar surface area (TPSA) is 191 Å². The lowest BCUT2D eigenvalue weighted by molar-refractivity contribution is -0.141. The lowest BCUT2D eigenvalue weighted by Crippen LogP contribution is -2.54. The minimum atomic E-state index is -1.49. The fourth-order valence-corrected chi connectivity index (χ4v) is 3.00. The molecule has 1 aliphatic rings. The summed E-state index contributed by atoms with van der Waals surface area (Å²) in [6.07, 6.45) is -2.71. The Labute approximate surface area is 133 Å². The van der Waals surface area contributed by atoms with E-state index in [4.69, 9.17) is 16.6 Å². The van der Waals surface area contributed by atoms with Crippen LogP contribution in [0.2, 0.25) is 0 Å². The zero-order valence-corrected chi connectivity index (χ0v) is 12.8. The van der Waals surface area contributed by atoms with Crippen LogP contribution in [0.15, 0.2) is 4.99 Å². The van der Waals surface area contributed by atoms with Crippen molar-refractivity contribution in [2.24, 2.45) is 28.3 Å². The van der Waals surface area contributed by atoms with E-state index in [2.05, 4.69) is 10.3 Å². The van der Waals surface area contributed by atoms with Gasteiger partial charge in [-0.15, -0.1) is 0 Å². The zero-order valence-electron chi connectivity index (χ0n) is 12.8. The molecule has 10 nitrogen and oxygen atoms in total. The van der Waals surface area contributed by atoms with Crippen LogP contribution in [0, 0.1) is 11.8 Å². The van der Waals surface area contributed by atoms with E-state index in [1.807, 2.05) is 0 Å². The highest BCUT2D eigenvalue weighted by atomic mass is 16.4. The van der Waals surface area contributed by atoms with E-state index in [0.29, 0.717) is 0 Å². The standard InChI is InChI=1S/C13H24N4O6/c1-5(19)16-10(11(21)9(20)4-18)7-2-6(12(22)23)3-8(7)17-13(14)15/h6-11,18,20-21H,2-4H2,1H3,(H,16,19)(H,22,23)(H4,14,15,17). The summed E-state index contributed by atoms with van der Waals surface area (Å²) in [5, 5.41) is 40.5. The summed E-state index contributed by atoms with van der Waals surface area (Å²) in [4.78, 5) is 26.6. The number of guanidine groups is 1. The minimum absolute atomic E-state index is 0.122. The molecule has 6 atom stereocenters. The van der Waals surface area contributed by atoms with Crippen LogP contribution in [-0.4, -0.2) is 69.2 Å². The van der Waals surface area contributed by atoms with Crippen LogP contribution < -0.4 is 16.8 Å². The van der Waals surface area contributed by atoms with Gasteiger partial charge in [0.2, 0.25) is 5.91 Å². The first-order valence-corrected chi connectivity index (χ1v) is 7.23. The van der Waals surface area contributed by atoms with Gasteiger partial charge in [-0.1, -0.05) is 0 Å². The van der Waals surface area contributed by atoms with Gasteiger partial charge in [0, 0.05) is 12.8 Å². The lowest BCUT2D eigenvalue weighted by Gasteiger charge is -2.33. The Kier molecular flexibility index (Phi) is 6.73. The molecule has 132 valence electrons. The Bertz CT molecular complexity index is 467. The monoisotopic (exact) mass is 332 g/mol. The second kappa shape index (κ2) is 8.09. The van der Waals surface area contributed by atoms with Gasteiger partial charge in [-0.25, -0.2) is 4.99 Å². The first-order chi connectivity index (χ1) is 10.7. The van der Waals surface area contributed by atoms with E-state index in [1.54, 1.807) is 0 Å². The smallest absolute Gasteiger partial charge is 0.306 e. The van der Waals surface area contributed by atoms with Gasteiger partial charge in [-0.2, -0.15) is 0 Å². The van der Waals surface area contributed by atoms with Crippen molar-refractivity contribution in [2.45, 2.75) is 44.1 Å². The number of carbonyl (C=O) groups is 2. The predicted octanol–water partition coefficient (Wildman–Crippen LogP) is -3.04. The summed E-state index contributed by atoms with van der Waals surface area (Å²) in [6, 6.07) is -1.62. The van der Waals surface area contributed by atoms with E-state index in [0.717, 1.165) is 0 Å². The summed E-state index contributed by atoms with van der Waals surface area (Å²) < 4.78 is 0. The lowest BCUT2D eigenvalue weighted by atomic mass is 9.87. The van der Waals surface area contributed by atoms with Gasteiger partial charge in [0.05, 0.1) is 24.6 Å². The number of hydrogen-bond donors (Lipinski definition) is 7. The Hall–Kier alpha value is -1.91.